The fourth-order valence-corrected chi connectivity index (χ4v) is 4.38. The second-order valence-electron chi connectivity index (χ2n) is 8.63. The summed E-state index contributed by atoms with van der Waals surface area (Å²) < 4.78 is 20.8. The van der Waals surface area contributed by atoms with Crippen LogP contribution in [0.4, 0.5) is 4.39 Å². The van der Waals surface area contributed by atoms with Crippen LogP contribution in [0.1, 0.15) is 39.4 Å². The molecule has 1 aliphatic heterocycles. The summed E-state index contributed by atoms with van der Waals surface area (Å²) in [5.74, 6) is 2.01. The Balaban J connectivity index is 1.65. The van der Waals surface area contributed by atoms with Crippen LogP contribution in [0.15, 0.2) is 47.3 Å². The summed E-state index contributed by atoms with van der Waals surface area (Å²) in [7, 11) is 0. The van der Waals surface area contributed by atoms with Gasteiger partial charge < -0.3 is 9.64 Å². The Labute approximate surface area is 182 Å². The number of aryl methyl sites for hydroxylation is 1. The first kappa shape index (κ1) is 21.5. The quantitative estimate of drug-likeness (QED) is 0.559. The Morgan fingerprint density at radius 2 is 1.90 bits per heavy atom. The van der Waals surface area contributed by atoms with Crippen molar-refractivity contribution in [1.82, 2.24) is 14.5 Å². The highest BCUT2D eigenvalue weighted by Gasteiger charge is 2.23. The minimum absolute atomic E-state index is 0.0203. The van der Waals surface area contributed by atoms with E-state index in [0.29, 0.717) is 47.3 Å². The van der Waals surface area contributed by atoms with Gasteiger partial charge in [0.25, 0.3) is 5.56 Å². The molecule has 2 heterocycles. The van der Waals surface area contributed by atoms with Gasteiger partial charge in [-0.15, -0.1) is 0 Å². The fraction of sp³-hybridized carbons (Fsp3) is 0.440. The number of hydrogen-bond donors (Lipinski definition) is 0. The molecule has 0 amide bonds. The lowest BCUT2D eigenvalue weighted by molar-refractivity contribution is 0.129. The van der Waals surface area contributed by atoms with Gasteiger partial charge in [0.05, 0.1) is 10.9 Å². The zero-order chi connectivity index (χ0) is 22.0. The zero-order valence-corrected chi connectivity index (χ0v) is 18.5. The summed E-state index contributed by atoms with van der Waals surface area (Å²) in [6, 6.07) is 11.7. The van der Waals surface area contributed by atoms with Crippen molar-refractivity contribution in [3.63, 3.8) is 0 Å². The Kier molecular flexibility index (Phi) is 6.37. The van der Waals surface area contributed by atoms with E-state index in [1.54, 1.807) is 24.3 Å². The number of nitrogens with zero attached hydrogens (tertiary/aromatic N) is 3. The van der Waals surface area contributed by atoms with Crippen molar-refractivity contribution in [2.45, 2.75) is 52.6 Å². The van der Waals surface area contributed by atoms with Crippen molar-refractivity contribution in [3.05, 3.63) is 64.5 Å². The second-order valence-corrected chi connectivity index (χ2v) is 8.63. The predicted molar refractivity (Wildman–Crippen MR) is 121 cm³/mol. The molecule has 1 aromatic heterocycles. The minimum Gasteiger partial charge on any atom is -0.457 e. The standard InChI is InChI=1S/C25H30FN3O2/c1-4-24-27-23-12-11-21(31-20-9-7-19(26)8-10-20)14-22(23)25(30)29(24)16-18-6-5-13-28(15-18)17(2)3/h7-12,14,17-18H,4-6,13,15-16H2,1-3H3/t18-/m0/s1. The zero-order valence-electron chi connectivity index (χ0n) is 18.5. The van der Waals surface area contributed by atoms with Crippen LogP contribution in [0.2, 0.25) is 0 Å². The molecule has 1 atom stereocenters. The third kappa shape index (κ3) is 4.79. The van der Waals surface area contributed by atoms with Crippen LogP contribution in [0, 0.1) is 11.7 Å². The van der Waals surface area contributed by atoms with Crippen molar-refractivity contribution in [2.24, 2.45) is 5.92 Å². The number of aromatic nitrogens is 2. The van der Waals surface area contributed by atoms with E-state index >= 15 is 0 Å². The van der Waals surface area contributed by atoms with Gasteiger partial charge in [-0.3, -0.25) is 9.36 Å². The van der Waals surface area contributed by atoms with E-state index < -0.39 is 0 Å². The molecule has 0 bridgehead atoms. The molecular weight excluding hydrogens is 393 g/mol. The van der Waals surface area contributed by atoms with Crippen LogP contribution in [-0.4, -0.2) is 33.6 Å². The van der Waals surface area contributed by atoms with E-state index in [-0.39, 0.29) is 11.4 Å². The van der Waals surface area contributed by atoms with Gasteiger partial charge in [0, 0.05) is 25.6 Å². The van der Waals surface area contributed by atoms with E-state index in [1.165, 1.54) is 12.1 Å². The highest BCUT2D eigenvalue weighted by molar-refractivity contribution is 5.79. The van der Waals surface area contributed by atoms with E-state index in [1.807, 2.05) is 17.6 Å². The van der Waals surface area contributed by atoms with E-state index in [2.05, 4.69) is 18.7 Å². The molecule has 164 valence electrons. The molecule has 0 N–H and O–H groups in total. The molecule has 6 heteroatoms. The fourth-order valence-electron chi connectivity index (χ4n) is 4.38. The van der Waals surface area contributed by atoms with Crippen LogP contribution in [0.25, 0.3) is 10.9 Å². The summed E-state index contributed by atoms with van der Waals surface area (Å²) in [6.07, 6.45) is 3.00. The molecule has 4 rings (SSSR count). The van der Waals surface area contributed by atoms with Gasteiger partial charge in [0.1, 0.15) is 23.1 Å². The van der Waals surface area contributed by atoms with Gasteiger partial charge in [-0.25, -0.2) is 9.37 Å². The highest BCUT2D eigenvalue weighted by atomic mass is 19.1. The summed E-state index contributed by atoms with van der Waals surface area (Å²) >= 11 is 0. The first-order chi connectivity index (χ1) is 14.9. The number of likely N-dealkylation sites (tertiary alicyclic amines) is 1. The van der Waals surface area contributed by atoms with Gasteiger partial charge in [-0.2, -0.15) is 0 Å². The molecule has 5 nitrogen and oxygen atoms in total. The molecule has 1 aliphatic rings. The maximum atomic E-state index is 13.5. The number of halogens is 1. The Hall–Kier alpha value is -2.73. The maximum Gasteiger partial charge on any atom is 0.261 e. The lowest BCUT2D eigenvalue weighted by Crippen LogP contribution is -2.42. The monoisotopic (exact) mass is 423 g/mol. The number of rotatable bonds is 6. The highest BCUT2D eigenvalue weighted by Crippen LogP contribution is 2.25. The first-order valence-electron chi connectivity index (χ1n) is 11.2. The summed E-state index contributed by atoms with van der Waals surface area (Å²) in [5.41, 5.74) is 0.657. The van der Waals surface area contributed by atoms with E-state index in [9.17, 15) is 9.18 Å². The summed E-state index contributed by atoms with van der Waals surface area (Å²) in [4.78, 5) is 20.7. The number of ether oxygens (including phenoxy) is 1. The van der Waals surface area contributed by atoms with Crippen LogP contribution >= 0.6 is 0 Å². The van der Waals surface area contributed by atoms with Gasteiger partial charge in [0.2, 0.25) is 0 Å². The number of hydrogen-bond acceptors (Lipinski definition) is 4. The molecular formula is C25H30FN3O2. The number of piperidine rings is 1. The molecule has 1 fully saturated rings. The molecule has 0 spiro atoms. The average molecular weight is 424 g/mol. The summed E-state index contributed by atoms with van der Waals surface area (Å²) in [6.45, 7) is 9.33. The predicted octanol–water partition coefficient (Wildman–Crippen LogP) is 5.01. The molecule has 31 heavy (non-hydrogen) atoms. The third-order valence-corrected chi connectivity index (χ3v) is 6.09. The van der Waals surface area contributed by atoms with E-state index in [0.717, 1.165) is 31.8 Å². The largest absolute Gasteiger partial charge is 0.457 e. The van der Waals surface area contributed by atoms with E-state index in [4.69, 9.17) is 9.72 Å². The van der Waals surface area contributed by atoms with Crippen LogP contribution in [-0.2, 0) is 13.0 Å². The molecule has 0 saturated carbocycles. The average Bonchev–Trinajstić information content (AvgIpc) is 2.77. The minimum atomic E-state index is -0.316. The van der Waals surface area contributed by atoms with Gasteiger partial charge in [-0.1, -0.05) is 6.92 Å². The summed E-state index contributed by atoms with van der Waals surface area (Å²) in [5, 5.41) is 0.549. The maximum absolute atomic E-state index is 13.5. The van der Waals surface area contributed by atoms with Gasteiger partial charge in [0.15, 0.2) is 0 Å². The van der Waals surface area contributed by atoms with Crippen LogP contribution in [0.3, 0.4) is 0 Å². The van der Waals surface area contributed by atoms with Crippen molar-refractivity contribution in [2.75, 3.05) is 13.1 Å². The normalized spacial score (nSPS) is 17.4. The molecule has 1 saturated heterocycles. The Bertz CT molecular complexity index is 1110. The van der Waals surface area contributed by atoms with Crippen molar-refractivity contribution in [3.8, 4) is 11.5 Å². The smallest absolute Gasteiger partial charge is 0.261 e. The molecule has 0 aliphatic carbocycles. The molecule has 0 radical (unpaired) electrons. The second kappa shape index (κ2) is 9.18. The van der Waals surface area contributed by atoms with Crippen LogP contribution in [0.5, 0.6) is 11.5 Å². The number of benzene rings is 2. The molecule has 2 aromatic carbocycles. The topological polar surface area (TPSA) is 47.4 Å². The Morgan fingerprint density at radius 1 is 1.16 bits per heavy atom. The third-order valence-electron chi connectivity index (χ3n) is 6.09. The van der Waals surface area contributed by atoms with Gasteiger partial charge in [-0.05, 0) is 81.6 Å². The molecule has 3 aromatic rings. The van der Waals surface area contributed by atoms with Crippen molar-refractivity contribution in [1.29, 1.82) is 0 Å². The SMILES string of the molecule is CCc1nc2ccc(Oc3ccc(F)cc3)cc2c(=O)n1C[C@H]1CCCN(C(C)C)C1. The van der Waals surface area contributed by atoms with Crippen molar-refractivity contribution < 1.29 is 9.13 Å². The number of fused-ring (bicyclic) bond motifs is 1. The Morgan fingerprint density at radius 3 is 2.61 bits per heavy atom. The van der Waals surface area contributed by atoms with Crippen molar-refractivity contribution >= 4 is 10.9 Å². The van der Waals surface area contributed by atoms with Gasteiger partial charge >= 0.3 is 0 Å². The lowest BCUT2D eigenvalue weighted by Gasteiger charge is -2.35. The first-order valence-corrected chi connectivity index (χ1v) is 11.2. The van der Waals surface area contributed by atoms with Crippen LogP contribution < -0.4 is 10.3 Å². The lowest BCUT2D eigenvalue weighted by atomic mass is 9.96. The molecule has 0 unspecified atom stereocenters.